The monoisotopic (exact) mass is 401 g/mol. The van der Waals surface area contributed by atoms with Gasteiger partial charge >= 0.3 is 6.09 Å². The second-order valence-corrected chi connectivity index (χ2v) is 8.27. The Morgan fingerprint density at radius 3 is 2.63 bits per heavy atom. The number of alkyl halides is 1. The van der Waals surface area contributed by atoms with Crippen molar-refractivity contribution in [3.05, 3.63) is 11.6 Å². The van der Waals surface area contributed by atoms with Gasteiger partial charge in [-0.2, -0.15) is 0 Å². The molecule has 3 rings (SSSR count). The van der Waals surface area contributed by atoms with Crippen molar-refractivity contribution in [1.82, 2.24) is 5.32 Å². The molecule has 1 unspecified atom stereocenters. The number of carbonyl (C=O) groups is 2. The van der Waals surface area contributed by atoms with Crippen molar-refractivity contribution in [3.8, 4) is 0 Å². The number of allylic oxidation sites excluding steroid dienone is 1. The molecule has 1 N–H and O–H groups in total. The third kappa shape index (κ3) is 4.16. The molecule has 0 radical (unpaired) electrons. The van der Waals surface area contributed by atoms with Gasteiger partial charge in [0.2, 0.25) is 5.91 Å². The van der Waals surface area contributed by atoms with Crippen molar-refractivity contribution in [2.45, 2.75) is 69.5 Å². The molecule has 0 aromatic rings. The summed E-state index contributed by atoms with van der Waals surface area (Å²) in [5.74, 6) is -0.949. The number of ether oxygens (including phenoxy) is 4. The molecule has 8 heteroatoms. The van der Waals surface area contributed by atoms with E-state index in [2.05, 4.69) is 32.2 Å². The third-order valence-electron chi connectivity index (χ3n) is 5.86. The van der Waals surface area contributed by atoms with Gasteiger partial charge in [0.05, 0.1) is 18.6 Å². The molecule has 1 aliphatic carbocycles. The number of epoxide rings is 2. The van der Waals surface area contributed by atoms with E-state index in [1.165, 1.54) is 5.57 Å². The van der Waals surface area contributed by atoms with E-state index in [-0.39, 0.29) is 29.6 Å². The zero-order chi connectivity index (χ0) is 19.8. The van der Waals surface area contributed by atoms with Gasteiger partial charge in [-0.1, -0.05) is 11.6 Å². The molecule has 27 heavy (non-hydrogen) atoms. The minimum absolute atomic E-state index is 0.0548. The van der Waals surface area contributed by atoms with E-state index in [1.807, 2.05) is 0 Å². The SMILES string of the molecule is CO[C@H]1[C@H](C2(C)O[C@H]2CC=C(C)C)[C@]2(CC[C@H]1OC(=O)NC(=O)CCl)CO2. The number of carbonyl (C=O) groups excluding carboxylic acids is 2. The Morgan fingerprint density at radius 1 is 1.37 bits per heavy atom. The lowest BCUT2D eigenvalue weighted by molar-refractivity contribution is -0.124. The highest BCUT2D eigenvalue weighted by atomic mass is 35.5. The summed E-state index contributed by atoms with van der Waals surface area (Å²) < 4.78 is 23.2. The average molecular weight is 402 g/mol. The molecular formula is C19H28ClNO6. The predicted molar refractivity (Wildman–Crippen MR) is 98.7 cm³/mol. The molecule has 2 aliphatic heterocycles. The topological polar surface area (TPSA) is 89.7 Å². The van der Waals surface area contributed by atoms with Crippen molar-refractivity contribution in [1.29, 1.82) is 0 Å². The number of hydrogen-bond donors (Lipinski definition) is 1. The number of alkyl carbamates (subject to hydrolysis) is 1. The highest BCUT2D eigenvalue weighted by Crippen LogP contribution is 2.59. The quantitative estimate of drug-likeness (QED) is 0.418. The maximum atomic E-state index is 12.0. The van der Waals surface area contributed by atoms with Crippen LogP contribution in [0.4, 0.5) is 4.79 Å². The summed E-state index contributed by atoms with van der Waals surface area (Å²) in [4.78, 5) is 23.3. The molecule has 0 aromatic carbocycles. The normalized spacial score (nSPS) is 39.6. The highest BCUT2D eigenvalue weighted by Gasteiger charge is 2.72. The summed E-state index contributed by atoms with van der Waals surface area (Å²) in [7, 11) is 1.61. The van der Waals surface area contributed by atoms with Crippen molar-refractivity contribution >= 4 is 23.6 Å². The summed E-state index contributed by atoms with van der Waals surface area (Å²) in [5.41, 5.74) is 0.574. The lowest BCUT2D eigenvalue weighted by Crippen LogP contribution is -2.56. The van der Waals surface area contributed by atoms with E-state index >= 15 is 0 Å². The summed E-state index contributed by atoms with van der Waals surface area (Å²) in [5, 5.41) is 2.11. The maximum Gasteiger partial charge on any atom is 0.414 e. The molecule has 2 saturated heterocycles. The molecule has 7 nitrogen and oxygen atoms in total. The fourth-order valence-corrected chi connectivity index (χ4v) is 4.45. The van der Waals surface area contributed by atoms with Crippen LogP contribution in [-0.4, -0.2) is 61.1 Å². The summed E-state index contributed by atoms with van der Waals surface area (Å²) >= 11 is 5.42. The van der Waals surface area contributed by atoms with E-state index in [9.17, 15) is 9.59 Å². The first-order chi connectivity index (χ1) is 12.8. The fourth-order valence-electron chi connectivity index (χ4n) is 4.38. The van der Waals surface area contributed by atoms with Crippen molar-refractivity contribution in [2.75, 3.05) is 19.6 Å². The Balaban J connectivity index is 1.73. The Bertz CT molecular complexity index is 630. The Hall–Kier alpha value is -1.15. The second kappa shape index (κ2) is 7.70. The molecule has 2 heterocycles. The van der Waals surface area contributed by atoms with Gasteiger partial charge in [-0.25, -0.2) is 4.79 Å². The summed E-state index contributed by atoms with van der Waals surface area (Å²) in [6.07, 6.45) is 2.78. The van der Waals surface area contributed by atoms with Crippen LogP contribution in [0.3, 0.4) is 0 Å². The van der Waals surface area contributed by atoms with E-state index in [1.54, 1.807) is 7.11 Å². The van der Waals surface area contributed by atoms with Crippen LogP contribution in [0, 0.1) is 5.92 Å². The largest absolute Gasteiger partial charge is 0.443 e. The molecule has 1 spiro atoms. The standard InChI is InChI=1S/C19H28ClNO6/c1-11(2)5-6-13-18(3,27-13)16-15(24-4)12(7-8-19(16)10-25-19)26-17(23)21-14(22)9-20/h5,12-13,15-16H,6-10H2,1-4H3,(H,21,22,23)/t12-,13+,15-,16-,18?,19+/m1/s1. The molecule has 1 saturated carbocycles. The van der Waals surface area contributed by atoms with Gasteiger partial charge in [0, 0.05) is 7.11 Å². The minimum atomic E-state index is -0.804. The van der Waals surface area contributed by atoms with Crippen molar-refractivity contribution in [2.24, 2.45) is 5.92 Å². The van der Waals surface area contributed by atoms with Crippen LogP contribution in [0.2, 0.25) is 0 Å². The molecule has 3 aliphatic rings. The van der Waals surface area contributed by atoms with Gasteiger partial charge in [-0.15, -0.1) is 11.6 Å². The van der Waals surface area contributed by atoms with Crippen LogP contribution >= 0.6 is 11.6 Å². The number of hydrogen-bond acceptors (Lipinski definition) is 6. The number of amides is 2. The van der Waals surface area contributed by atoms with E-state index in [0.717, 1.165) is 12.8 Å². The van der Waals surface area contributed by atoms with Crippen LogP contribution in [0.5, 0.6) is 0 Å². The molecule has 0 bridgehead atoms. The van der Waals surface area contributed by atoms with Gasteiger partial charge < -0.3 is 18.9 Å². The van der Waals surface area contributed by atoms with Crippen LogP contribution in [0.15, 0.2) is 11.6 Å². The van der Waals surface area contributed by atoms with Gasteiger partial charge in [-0.05, 0) is 40.0 Å². The number of methoxy groups -OCH3 is 1. The second-order valence-electron chi connectivity index (χ2n) is 8.00. The Labute approximate surface area is 164 Å². The van der Waals surface area contributed by atoms with E-state index < -0.39 is 23.7 Å². The fraction of sp³-hybridized carbons (Fsp3) is 0.789. The van der Waals surface area contributed by atoms with Gasteiger partial charge in [0.15, 0.2) is 0 Å². The van der Waals surface area contributed by atoms with Crippen LogP contribution < -0.4 is 5.32 Å². The number of imide groups is 1. The van der Waals surface area contributed by atoms with Gasteiger partial charge in [-0.3, -0.25) is 10.1 Å². The summed E-state index contributed by atoms with van der Waals surface area (Å²) in [6, 6.07) is 0. The molecule has 6 atom stereocenters. The van der Waals surface area contributed by atoms with Crippen LogP contribution in [-0.2, 0) is 23.7 Å². The van der Waals surface area contributed by atoms with Gasteiger partial charge in [0.25, 0.3) is 0 Å². The third-order valence-corrected chi connectivity index (χ3v) is 6.10. The summed E-state index contributed by atoms with van der Waals surface area (Å²) in [6.45, 7) is 6.87. The first kappa shape index (κ1) is 20.6. The predicted octanol–water partition coefficient (Wildman–Crippen LogP) is 2.55. The number of rotatable bonds is 6. The smallest absolute Gasteiger partial charge is 0.414 e. The highest BCUT2D eigenvalue weighted by molar-refractivity contribution is 6.28. The number of nitrogens with one attached hydrogen (secondary N) is 1. The molecule has 152 valence electrons. The van der Waals surface area contributed by atoms with Crippen molar-refractivity contribution in [3.63, 3.8) is 0 Å². The van der Waals surface area contributed by atoms with Crippen molar-refractivity contribution < 1.29 is 28.5 Å². The average Bonchev–Trinajstić information content (AvgIpc) is 3.52. The Morgan fingerprint density at radius 2 is 2.07 bits per heavy atom. The molecular weight excluding hydrogens is 374 g/mol. The van der Waals surface area contributed by atoms with Gasteiger partial charge in [0.1, 0.15) is 29.3 Å². The molecule has 0 aromatic heterocycles. The van der Waals surface area contributed by atoms with E-state index in [0.29, 0.717) is 13.0 Å². The van der Waals surface area contributed by atoms with Crippen LogP contribution in [0.1, 0.15) is 40.0 Å². The minimum Gasteiger partial charge on any atom is -0.443 e. The van der Waals surface area contributed by atoms with Crippen LogP contribution in [0.25, 0.3) is 0 Å². The first-order valence-electron chi connectivity index (χ1n) is 9.30. The zero-order valence-electron chi connectivity index (χ0n) is 16.2. The lowest BCUT2D eigenvalue weighted by Gasteiger charge is -2.42. The Kier molecular flexibility index (Phi) is 5.87. The maximum absolute atomic E-state index is 12.0. The number of halogens is 1. The molecule has 2 amide bonds. The zero-order valence-corrected chi connectivity index (χ0v) is 17.0. The van der Waals surface area contributed by atoms with E-state index in [4.69, 9.17) is 30.5 Å². The molecule has 3 fully saturated rings. The first-order valence-corrected chi connectivity index (χ1v) is 9.83. The lowest BCUT2D eigenvalue weighted by atomic mass is 9.68.